The lowest BCUT2D eigenvalue weighted by molar-refractivity contribution is 0.0682. The Morgan fingerprint density at radius 1 is 1.27 bits per heavy atom. The molecule has 0 bridgehead atoms. The zero-order valence-electron chi connectivity index (χ0n) is 14.7. The van der Waals surface area contributed by atoms with E-state index in [9.17, 15) is 14.7 Å². The molecule has 0 aliphatic carbocycles. The molecule has 0 aliphatic rings. The van der Waals surface area contributed by atoms with Crippen LogP contribution in [0.4, 0.5) is 5.82 Å². The monoisotopic (exact) mass is 353 g/mol. The number of aryl methyl sites for hydroxylation is 1. The molecule has 0 unspecified atom stereocenters. The molecule has 2 N–H and O–H groups in total. The highest BCUT2D eigenvalue weighted by Gasteiger charge is 2.18. The van der Waals surface area contributed by atoms with Gasteiger partial charge in [0.2, 0.25) is 0 Å². The second-order valence-electron chi connectivity index (χ2n) is 6.07. The second-order valence-corrected chi connectivity index (χ2v) is 6.07. The highest BCUT2D eigenvalue weighted by Crippen LogP contribution is 2.22. The van der Waals surface area contributed by atoms with Crippen LogP contribution in [0.15, 0.2) is 36.5 Å². The summed E-state index contributed by atoms with van der Waals surface area (Å²) < 4.78 is 1.27. The smallest absolute Gasteiger partial charge is 0.354 e. The number of carbonyl (C=O) groups is 2. The molecule has 2 aromatic heterocycles. The number of nitrogens with zero attached hydrogens (tertiary/aromatic N) is 4. The Kier molecular flexibility index (Phi) is 4.57. The van der Waals surface area contributed by atoms with Gasteiger partial charge in [-0.05, 0) is 12.1 Å². The molecule has 2 heterocycles. The fourth-order valence-corrected chi connectivity index (χ4v) is 2.74. The minimum atomic E-state index is -1.08. The van der Waals surface area contributed by atoms with Gasteiger partial charge in [0.05, 0.1) is 17.3 Å². The molecule has 1 amide bonds. The summed E-state index contributed by atoms with van der Waals surface area (Å²) in [4.78, 5) is 30.4. The number of carbonyl (C=O) groups excluding carboxylic acids is 1. The molecule has 0 spiro atoms. The summed E-state index contributed by atoms with van der Waals surface area (Å²) in [7, 11) is 5.26. The lowest BCUT2D eigenvalue weighted by atomic mass is 10.1. The molecule has 0 atom stereocenters. The standard InChI is InChI=1S/C18H19N5O3/c1-22(2)15-8-13(12-6-4-5-7-14(12)21-15)17(24)19-9-11-10-20-23(3)16(11)18(25)26/h4-8,10H,9H2,1-3H3,(H,19,24)(H,25,26). The number of nitrogens with one attached hydrogen (secondary N) is 1. The number of amides is 1. The van der Waals surface area contributed by atoms with E-state index < -0.39 is 5.97 Å². The maximum atomic E-state index is 12.8. The molecule has 0 saturated carbocycles. The van der Waals surface area contributed by atoms with E-state index in [4.69, 9.17) is 0 Å². The van der Waals surface area contributed by atoms with Crippen LogP contribution >= 0.6 is 0 Å². The number of hydrogen-bond donors (Lipinski definition) is 2. The van der Waals surface area contributed by atoms with Crippen molar-refractivity contribution in [2.24, 2.45) is 7.05 Å². The molecule has 0 radical (unpaired) electrons. The molecule has 134 valence electrons. The largest absolute Gasteiger partial charge is 0.477 e. The number of carboxylic acid groups (broad SMARTS) is 1. The molecule has 1 aromatic carbocycles. The van der Waals surface area contributed by atoms with Crippen molar-refractivity contribution in [3.05, 3.63) is 53.3 Å². The first-order valence-electron chi connectivity index (χ1n) is 7.98. The predicted molar refractivity (Wildman–Crippen MR) is 97.4 cm³/mol. The van der Waals surface area contributed by atoms with Crippen molar-refractivity contribution in [2.75, 3.05) is 19.0 Å². The lowest BCUT2D eigenvalue weighted by Gasteiger charge is -2.15. The number of anilines is 1. The van der Waals surface area contributed by atoms with Crippen LogP contribution in [0.2, 0.25) is 0 Å². The van der Waals surface area contributed by atoms with Crippen LogP contribution in [-0.4, -0.2) is 45.8 Å². The summed E-state index contributed by atoms with van der Waals surface area (Å²) in [5.74, 6) is -0.716. The van der Waals surface area contributed by atoms with Crippen LogP contribution < -0.4 is 10.2 Å². The Bertz CT molecular complexity index is 994. The van der Waals surface area contributed by atoms with E-state index in [2.05, 4.69) is 15.4 Å². The van der Waals surface area contributed by atoms with E-state index in [1.165, 1.54) is 10.9 Å². The van der Waals surface area contributed by atoms with E-state index in [1.807, 2.05) is 43.3 Å². The van der Waals surface area contributed by atoms with E-state index in [0.29, 0.717) is 16.9 Å². The fourth-order valence-electron chi connectivity index (χ4n) is 2.74. The van der Waals surface area contributed by atoms with Crippen molar-refractivity contribution in [1.82, 2.24) is 20.1 Å². The van der Waals surface area contributed by atoms with Gasteiger partial charge in [0.15, 0.2) is 5.69 Å². The minimum absolute atomic E-state index is 0.0545. The second kappa shape index (κ2) is 6.83. The Morgan fingerprint density at radius 2 is 2.00 bits per heavy atom. The molecule has 8 nitrogen and oxygen atoms in total. The molecule has 26 heavy (non-hydrogen) atoms. The van der Waals surface area contributed by atoms with E-state index in [0.717, 1.165) is 10.9 Å². The first-order chi connectivity index (χ1) is 12.4. The number of fused-ring (bicyclic) bond motifs is 1. The molecule has 8 heteroatoms. The van der Waals surface area contributed by atoms with Crippen molar-refractivity contribution in [3.8, 4) is 0 Å². The SMILES string of the molecule is CN(C)c1cc(C(=O)NCc2cnn(C)c2C(=O)O)c2ccccc2n1. The number of rotatable bonds is 5. The van der Waals surface area contributed by atoms with Crippen molar-refractivity contribution >= 4 is 28.6 Å². The van der Waals surface area contributed by atoms with Crippen LogP contribution in [0.5, 0.6) is 0 Å². The van der Waals surface area contributed by atoms with Crippen molar-refractivity contribution in [3.63, 3.8) is 0 Å². The van der Waals surface area contributed by atoms with Gasteiger partial charge in [0.25, 0.3) is 5.91 Å². The maximum Gasteiger partial charge on any atom is 0.354 e. The zero-order chi connectivity index (χ0) is 18.8. The van der Waals surface area contributed by atoms with Gasteiger partial charge in [-0.15, -0.1) is 0 Å². The molecule has 3 aromatic rings. The maximum absolute atomic E-state index is 12.8. The predicted octanol–water partition coefficient (Wildman–Crippen LogP) is 1.66. The van der Waals surface area contributed by atoms with Crippen molar-refractivity contribution in [2.45, 2.75) is 6.54 Å². The third-order valence-electron chi connectivity index (χ3n) is 4.06. The quantitative estimate of drug-likeness (QED) is 0.724. The van der Waals surface area contributed by atoms with Crippen molar-refractivity contribution in [1.29, 1.82) is 0 Å². The number of para-hydroxylation sites is 1. The first-order valence-corrected chi connectivity index (χ1v) is 7.98. The van der Waals surface area contributed by atoms with Crippen LogP contribution in [0.3, 0.4) is 0 Å². The highest BCUT2D eigenvalue weighted by atomic mass is 16.4. The van der Waals surface area contributed by atoms with Gasteiger partial charge >= 0.3 is 5.97 Å². The Hall–Kier alpha value is -3.42. The molecule has 3 rings (SSSR count). The molecule has 0 aliphatic heterocycles. The van der Waals surface area contributed by atoms with Gasteiger partial charge in [-0.3, -0.25) is 9.48 Å². The number of aromatic carboxylic acids is 1. The van der Waals surface area contributed by atoms with Gasteiger partial charge in [-0.1, -0.05) is 18.2 Å². The summed E-state index contributed by atoms with van der Waals surface area (Å²) in [6.45, 7) is 0.0717. The van der Waals surface area contributed by atoms with Gasteiger partial charge in [0, 0.05) is 38.6 Å². The van der Waals surface area contributed by atoms with Crippen molar-refractivity contribution < 1.29 is 14.7 Å². The molecule has 0 fully saturated rings. The summed E-state index contributed by atoms with van der Waals surface area (Å²) in [5, 5.41) is 16.7. The van der Waals surface area contributed by atoms with E-state index in [-0.39, 0.29) is 18.1 Å². The third-order valence-corrected chi connectivity index (χ3v) is 4.06. The average molecular weight is 353 g/mol. The average Bonchev–Trinajstić information content (AvgIpc) is 2.99. The van der Waals surface area contributed by atoms with Crippen LogP contribution in [0.25, 0.3) is 10.9 Å². The normalized spacial score (nSPS) is 10.7. The fraction of sp³-hybridized carbons (Fsp3) is 0.222. The van der Waals surface area contributed by atoms with Crippen LogP contribution in [-0.2, 0) is 13.6 Å². The molecular weight excluding hydrogens is 334 g/mol. The first kappa shape index (κ1) is 17.4. The topological polar surface area (TPSA) is 100 Å². The van der Waals surface area contributed by atoms with Crippen LogP contribution in [0.1, 0.15) is 26.4 Å². The number of carboxylic acids is 1. The van der Waals surface area contributed by atoms with Gasteiger partial charge in [-0.2, -0.15) is 5.10 Å². The van der Waals surface area contributed by atoms with Gasteiger partial charge in [0.1, 0.15) is 5.82 Å². The summed E-state index contributed by atoms with van der Waals surface area (Å²) in [6, 6.07) is 9.12. The number of hydrogen-bond acceptors (Lipinski definition) is 5. The Morgan fingerprint density at radius 3 is 2.69 bits per heavy atom. The number of benzene rings is 1. The summed E-state index contributed by atoms with van der Waals surface area (Å²) in [5.41, 5.74) is 1.70. The number of pyridine rings is 1. The number of aromatic nitrogens is 3. The van der Waals surface area contributed by atoms with E-state index >= 15 is 0 Å². The van der Waals surface area contributed by atoms with Gasteiger partial charge < -0.3 is 15.3 Å². The Balaban J connectivity index is 1.92. The lowest BCUT2D eigenvalue weighted by Crippen LogP contribution is -2.25. The zero-order valence-corrected chi connectivity index (χ0v) is 14.7. The highest BCUT2D eigenvalue weighted by molar-refractivity contribution is 6.07. The molecular formula is C18H19N5O3. The van der Waals surface area contributed by atoms with Crippen LogP contribution in [0, 0.1) is 0 Å². The third kappa shape index (κ3) is 3.21. The molecule has 0 saturated heterocycles. The summed E-state index contributed by atoms with van der Waals surface area (Å²) >= 11 is 0. The van der Waals surface area contributed by atoms with Gasteiger partial charge in [-0.25, -0.2) is 9.78 Å². The minimum Gasteiger partial charge on any atom is -0.477 e. The van der Waals surface area contributed by atoms with E-state index in [1.54, 1.807) is 13.1 Å². The summed E-state index contributed by atoms with van der Waals surface area (Å²) in [6.07, 6.45) is 1.44. The Labute approximate surface area is 150 Å².